The van der Waals surface area contributed by atoms with Gasteiger partial charge < -0.3 is 5.32 Å². The van der Waals surface area contributed by atoms with Crippen LogP contribution >= 0.6 is 0 Å². The van der Waals surface area contributed by atoms with Crippen LogP contribution in [-0.2, 0) is 6.54 Å². The Balaban J connectivity index is 2.62. The summed E-state index contributed by atoms with van der Waals surface area (Å²) in [4.78, 5) is 11.6. The predicted octanol–water partition coefficient (Wildman–Crippen LogP) is 1.87. The molecule has 0 atom stereocenters. The molecule has 15 heavy (non-hydrogen) atoms. The number of hydrogen-bond donors (Lipinski definition) is 1. The Morgan fingerprint density at radius 1 is 1.40 bits per heavy atom. The maximum Gasteiger partial charge on any atom is 0.268 e. The van der Waals surface area contributed by atoms with Gasteiger partial charge in [-0.25, -0.2) is 4.68 Å². The SMILES string of the molecule is CCCCCn1ncc(NCC)cc1=O. The lowest BCUT2D eigenvalue weighted by Crippen LogP contribution is -2.22. The van der Waals surface area contributed by atoms with Crippen LogP contribution in [0.1, 0.15) is 33.1 Å². The summed E-state index contributed by atoms with van der Waals surface area (Å²) in [5, 5.41) is 7.18. The molecule has 0 saturated heterocycles. The van der Waals surface area contributed by atoms with Gasteiger partial charge in [-0.3, -0.25) is 4.79 Å². The van der Waals surface area contributed by atoms with Gasteiger partial charge in [0.05, 0.1) is 11.9 Å². The Morgan fingerprint density at radius 3 is 2.80 bits per heavy atom. The van der Waals surface area contributed by atoms with Crippen LogP contribution in [0.15, 0.2) is 17.1 Å². The third-order valence-corrected chi connectivity index (χ3v) is 2.22. The second-order valence-electron chi connectivity index (χ2n) is 3.54. The Kier molecular flexibility index (Phi) is 4.87. The molecule has 4 nitrogen and oxygen atoms in total. The summed E-state index contributed by atoms with van der Waals surface area (Å²) in [5.41, 5.74) is 0.777. The molecule has 1 rings (SSSR count). The number of aryl methyl sites for hydroxylation is 1. The van der Waals surface area contributed by atoms with Crippen molar-refractivity contribution in [1.82, 2.24) is 9.78 Å². The van der Waals surface area contributed by atoms with E-state index in [1.807, 2.05) is 6.92 Å². The molecule has 0 spiro atoms. The quantitative estimate of drug-likeness (QED) is 0.727. The molecule has 84 valence electrons. The van der Waals surface area contributed by atoms with E-state index in [9.17, 15) is 4.79 Å². The fraction of sp³-hybridized carbons (Fsp3) is 0.636. The van der Waals surface area contributed by atoms with E-state index in [1.165, 1.54) is 4.68 Å². The predicted molar refractivity (Wildman–Crippen MR) is 62.2 cm³/mol. The molecule has 0 saturated carbocycles. The van der Waals surface area contributed by atoms with Crippen molar-refractivity contribution in [1.29, 1.82) is 0 Å². The average molecular weight is 209 g/mol. The zero-order valence-corrected chi connectivity index (χ0v) is 9.49. The van der Waals surface area contributed by atoms with Gasteiger partial charge in [-0.05, 0) is 13.3 Å². The normalized spacial score (nSPS) is 10.3. The largest absolute Gasteiger partial charge is 0.384 e. The lowest BCUT2D eigenvalue weighted by molar-refractivity contribution is 0.528. The minimum absolute atomic E-state index is 0.0236. The molecule has 0 radical (unpaired) electrons. The standard InChI is InChI=1S/C11H19N3O/c1-3-5-6-7-14-11(15)8-10(9-13-14)12-4-2/h8-9,12H,3-7H2,1-2H3. The van der Waals surface area contributed by atoms with Gasteiger partial charge in [0.1, 0.15) is 0 Å². The van der Waals surface area contributed by atoms with Crippen LogP contribution in [0.25, 0.3) is 0 Å². The molecule has 4 heteroatoms. The van der Waals surface area contributed by atoms with E-state index in [0.29, 0.717) is 0 Å². The van der Waals surface area contributed by atoms with Crippen molar-refractivity contribution in [3.05, 3.63) is 22.6 Å². The highest BCUT2D eigenvalue weighted by atomic mass is 16.1. The van der Waals surface area contributed by atoms with Crippen LogP contribution in [0.4, 0.5) is 5.69 Å². The van der Waals surface area contributed by atoms with E-state index < -0.39 is 0 Å². The number of aromatic nitrogens is 2. The van der Waals surface area contributed by atoms with Crippen LogP contribution in [0, 0.1) is 0 Å². The zero-order chi connectivity index (χ0) is 11.1. The molecule has 1 aromatic heterocycles. The number of nitrogens with one attached hydrogen (secondary N) is 1. The number of anilines is 1. The maximum atomic E-state index is 11.6. The van der Waals surface area contributed by atoms with E-state index in [-0.39, 0.29) is 5.56 Å². The summed E-state index contributed by atoms with van der Waals surface area (Å²) >= 11 is 0. The van der Waals surface area contributed by atoms with Crippen LogP contribution < -0.4 is 10.9 Å². The smallest absolute Gasteiger partial charge is 0.268 e. The third kappa shape index (κ3) is 3.73. The third-order valence-electron chi connectivity index (χ3n) is 2.22. The average Bonchev–Trinajstić information content (AvgIpc) is 2.22. The number of unbranched alkanes of at least 4 members (excludes halogenated alkanes) is 2. The second-order valence-corrected chi connectivity index (χ2v) is 3.54. The number of hydrogen-bond acceptors (Lipinski definition) is 3. The van der Waals surface area contributed by atoms with Gasteiger partial charge >= 0.3 is 0 Å². The minimum atomic E-state index is -0.0236. The highest BCUT2D eigenvalue weighted by Gasteiger charge is 1.98. The molecule has 0 aromatic carbocycles. The van der Waals surface area contributed by atoms with Gasteiger partial charge in [0.15, 0.2) is 0 Å². The zero-order valence-electron chi connectivity index (χ0n) is 9.49. The molecule has 0 aliphatic heterocycles. The van der Waals surface area contributed by atoms with Gasteiger partial charge in [-0.1, -0.05) is 19.8 Å². The Morgan fingerprint density at radius 2 is 2.20 bits per heavy atom. The van der Waals surface area contributed by atoms with Crippen molar-refractivity contribution in [2.45, 2.75) is 39.7 Å². The minimum Gasteiger partial charge on any atom is -0.384 e. The first-order valence-corrected chi connectivity index (χ1v) is 5.59. The fourth-order valence-corrected chi connectivity index (χ4v) is 1.41. The van der Waals surface area contributed by atoms with Crippen LogP contribution in [0.2, 0.25) is 0 Å². The lowest BCUT2D eigenvalue weighted by atomic mass is 10.2. The Hall–Kier alpha value is -1.32. The molecule has 1 N–H and O–H groups in total. The van der Waals surface area contributed by atoms with Crippen molar-refractivity contribution in [2.75, 3.05) is 11.9 Å². The van der Waals surface area contributed by atoms with E-state index >= 15 is 0 Å². The van der Waals surface area contributed by atoms with Crippen LogP contribution in [-0.4, -0.2) is 16.3 Å². The Labute approximate surface area is 90.3 Å². The second kappa shape index (κ2) is 6.22. The van der Waals surface area contributed by atoms with Crippen LogP contribution in [0.5, 0.6) is 0 Å². The summed E-state index contributed by atoms with van der Waals surface area (Å²) in [6.45, 7) is 5.66. The van der Waals surface area contributed by atoms with Gasteiger partial charge in [0, 0.05) is 19.2 Å². The topological polar surface area (TPSA) is 46.9 Å². The monoisotopic (exact) mass is 209 g/mol. The van der Waals surface area contributed by atoms with E-state index in [0.717, 1.165) is 38.0 Å². The summed E-state index contributed by atoms with van der Waals surface area (Å²) in [7, 11) is 0. The first kappa shape index (κ1) is 11.8. The number of nitrogens with zero attached hydrogens (tertiary/aromatic N) is 2. The summed E-state index contributed by atoms with van der Waals surface area (Å²) in [6.07, 6.45) is 5.02. The van der Waals surface area contributed by atoms with Crippen molar-refractivity contribution < 1.29 is 0 Å². The van der Waals surface area contributed by atoms with Crippen molar-refractivity contribution in [2.24, 2.45) is 0 Å². The van der Waals surface area contributed by atoms with Gasteiger partial charge in [-0.2, -0.15) is 5.10 Å². The molecule has 0 fully saturated rings. The lowest BCUT2D eigenvalue weighted by Gasteiger charge is -2.05. The van der Waals surface area contributed by atoms with E-state index in [1.54, 1.807) is 12.3 Å². The molecule has 0 amide bonds. The van der Waals surface area contributed by atoms with Crippen LogP contribution in [0.3, 0.4) is 0 Å². The van der Waals surface area contributed by atoms with Crippen molar-refractivity contribution in [3.8, 4) is 0 Å². The van der Waals surface area contributed by atoms with Gasteiger partial charge in [-0.15, -0.1) is 0 Å². The molecule has 1 aromatic rings. The summed E-state index contributed by atoms with van der Waals surface area (Å²) < 4.78 is 1.52. The van der Waals surface area contributed by atoms with E-state index in [4.69, 9.17) is 0 Å². The summed E-state index contributed by atoms with van der Waals surface area (Å²) in [6, 6.07) is 1.60. The molecule has 0 aliphatic rings. The molecule has 0 bridgehead atoms. The number of rotatable bonds is 6. The highest BCUT2D eigenvalue weighted by molar-refractivity contribution is 5.38. The van der Waals surface area contributed by atoms with Gasteiger partial charge in [0.2, 0.25) is 0 Å². The van der Waals surface area contributed by atoms with Crippen molar-refractivity contribution >= 4 is 5.69 Å². The first-order valence-electron chi connectivity index (χ1n) is 5.59. The highest BCUT2D eigenvalue weighted by Crippen LogP contribution is 2.00. The molecular formula is C11H19N3O. The van der Waals surface area contributed by atoms with Crippen molar-refractivity contribution in [3.63, 3.8) is 0 Å². The van der Waals surface area contributed by atoms with Gasteiger partial charge in [0.25, 0.3) is 5.56 Å². The molecular weight excluding hydrogens is 190 g/mol. The Bertz CT molecular complexity index is 346. The first-order chi connectivity index (χ1) is 7.27. The summed E-state index contributed by atoms with van der Waals surface area (Å²) in [5.74, 6) is 0. The molecule has 0 aliphatic carbocycles. The molecule has 1 heterocycles. The fourth-order valence-electron chi connectivity index (χ4n) is 1.41. The maximum absolute atomic E-state index is 11.6. The molecule has 0 unspecified atom stereocenters. The van der Waals surface area contributed by atoms with E-state index in [2.05, 4.69) is 17.3 Å².